The Morgan fingerprint density at radius 2 is 1.75 bits per heavy atom. The van der Waals surface area contributed by atoms with Gasteiger partial charge in [-0.2, -0.15) is 4.39 Å². The third-order valence-electron chi connectivity index (χ3n) is 9.06. The molecule has 2 aliphatic rings. The molecular weight excluding hydrogens is 623 g/mol. The predicted octanol–water partition coefficient (Wildman–Crippen LogP) is 6.07. The van der Waals surface area contributed by atoms with Crippen LogP contribution < -0.4 is 0 Å². The van der Waals surface area contributed by atoms with Crippen LogP contribution >= 0.6 is 0 Å². The summed E-state index contributed by atoms with van der Waals surface area (Å²) in [5.41, 5.74) is 0.203. The number of likely N-dealkylation sites (tertiary alicyclic amines) is 2. The number of aromatic nitrogens is 1. The van der Waals surface area contributed by atoms with Gasteiger partial charge in [0.05, 0.1) is 18.5 Å². The lowest BCUT2D eigenvalue weighted by Gasteiger charge is -2.35. The van der Waals surface area contributed by atoms with Crippen molar-refractivity contribution in [1.29, 1.82) is 0 Å². The zero-order valence-corrected chi connectivity index (χ0v) is 28.1. The van der Waals surface area contributed by atoms with Gasteiger partial charge in [0.2, 0.25) is 11.7 Å². The van der Waals surface area contributed by atoms with Crippen molar-refractivity contribution in [2.75, 3.05) is 33.3 Å². The minimum Gasteiger partial charge on any atom is -0.469 e. The van der Waals surface area contributed by atoms with Crippen molar-refractivity contribution in [3.63, 3.8) is 0 Å². The van der Waals surface area contributed by atoms with Crippen LogP contribution in [0.1, 0.15) is 83.6 Å². The third kappa shape index (κ3) is 10.0. The maximum Gasteiger partial charge on any atom is 0.410 e. The van der Waals surface area contributed by atoms with Crippen LogP contribution in [0, 0.1) is 27.8 Å². The van der Waals surface area contributed by atoms with Crippen LogP contribution in [0.5, 0.6) is 0 Å². The van der Waals surface area contributed by atoms with E-state index < -0.39 is 33.9 Å². The number of nitro benzene ring substituents is 1. The number of halogens is 1. The Balaban J connectivity index is 1.35. The second-order valence-electron chi connectivity index (χ2n) is 13.7. The first-order valence-electron chi connectivity index (χ1n) is 16.5. The van der Waals surface area contributed by atoms with E-state index in [2.05, 4.69) is 4.98 Å². The molecule has 2 aliphatic heterocycles. The molecule has 48 heavy (non-hydrogen) atoms. The van der Waals surface area contributed by atoms with Gasteiger partial charge in [0, 0.05) is 74.9 Å². The van der Waals surface area contributed by atoms with Gasteiger partial charge in [-0.3, -0.25) is 29.5 Å². The molecule has 13 heteroatoms. The smallest absolute Gasteiger partial charge is 0.410 e. The lowest BCUT2D eigenvalue weighted by atomic mass is 9.84. The molecule has 0 saturated carbocycles. The van der Waals surface area contributed by atoms with E-state index in [4.69, 9.17) is 9.47 Å². The summed E-state index contributed by atoms with van der Waals surface area (Å²) in [6.45, 7) is 7.63. The number of Topliss-reactive ketones (excluding diaryl/α,β-unsaturated/α-hetero) is 1. The van der Waals surface area contributed by atoms with Gasteiger partial charge in [-0.25, -0.2) is 4.79 Å². The number of nitrogens with zero attached hydrogens (tertiary/aromatic N) is 4. The zero-order chi connectivity index (χ0) is 35.0. The van der Waals surface area contributed by atoms with Gasteiger partial charge in [-0.05, 0) is 82.1 Å². The molecule has 4 rings (SSSR count). The topological polar surface area (TPSA) is 149 Å². The van der Waals surface area contributed by atoms with Crippen molar-refractivity contribution in [3.05, 3.63) is 58.2 Å². The van der Waals surface area contributed by atoms with Crippen LogP contribution in [0.2, 0.25) is 0 Å². The van der Waals surface area contributed by atoms with Gasteiger partial charge in [0.1, 0.15) is 11.4 Å². The summed E-state index contributed by atoms with van der Waals surface area (Å²) in [5.74, 6) is -2.14. The molecular formula is C35H45FN4O8. The number of carbonyl (C=O) groups is 4. The molecule has 3 heterocycles. The van der Waals surface area contributed by atoms with Crippen molar-refractivity contribution in [3.8, 4) is 11.1 Å². The van der Waals surface area contributed by atoms with Crippen LogP contribution in [0.4, 0.5) is 14.9 Å². The fourth-order valence-electron chi connectivity index (χ4n) is 6.36. The Labute approximate surface area is 280 Å². The van der Waals surface area contributed by atoms with Gasteiger partial charge in [-0.1, -0.05) is 6.07 Å². The first-order chi connectivity index (χ1) is 22.7. The number of rotatable bonds is 11. The third-order valence-corrected chi connectivity index (χ3v) is 9.06. The first-order valence-corrected chi connectivity index (χ1v) is 16.5. The van der Waals surface area contributed by atoms with Crippen molar-refractivity contribution >= 4 is 29.4 Å². The van der Waals surface area contributed by atoms with Crippen molar-refractivity contribution in [2.24, 2.45) is 11.8 Å². The Bertz CT molecular complexity index is 1500. The molecule has 1 aromatic heterocycles. The van der Waals surface area contributed by atoms with Crippen LogP contribution in [0.25, 0.3) is 11.1 Å². The maximum atomic E-state index is 13.9. The van der Waals surface area contributed by atoms with Crippen LogP contribution in [-0.4, -0.2) is 82.3 Å². The molecule has 2 atom stereocenters. The molecule has 1 aromatic carbocycles. The lowest BCUT2D eigenvalue weighted by molar-refractivity contribution is -0.387. The lowest BCUT2D eigenvalue weighted by Crippen LogP contribution is -2.43. The summed E-state index contributed by atoms with van der Waals surface area (Å²) in [5, 5.41) is 11.3. The van der Waals surface area contributed by atoms with E-state index >= 15 is 0 Å². The quantitative estimate of drug-likeness (QED) is 0.158. The molecule has 0 radical (unpaired) electrons. The fourth-order valence-corrected chi connectivity index (χ4v) is 6.36. The predicted molar refractivity (Wildman–Crippen MR) is 174 cm³/mol. The molecule has 2 fully saturated rings. The number of amides is 2. The Hall–Kier alpha value is -4.42. The zero-order valence-electron chi connectivity index (χ0n) is 28.1. The number of hydrogen-bond donors (Lipinski definition) is 0. The molecule has 0 aliphatic carbocycles. The molecule has 0 spiro atoms. The second-order valence-corrected chi connectivity index (χ2v) is 13.7. The van der Waals surface area contributed by atoms with Crippen molar-refractivity contribution in [1.82, 2.24) is 14.8 Å². The maximum absolute atomic E-state index is 13.9. The van der Waals surface area contributed by atoms with Gasteiger partial charge < -0.3 is 19.3 Å². The summed E-state index contributed by atoms with van der Waals surface area (Å²) >= 11 is 0. The highest BCUT2D eigenvalue weighted by atomic mass is 19.1. The van der Waals surface area contributed by atoms with Gasteiger partial charge in [-0.15, -0.1) is 0 Å². The molecule has 12 nitrogen and oxygen atoms in total. The Kier molecular flexibility index (Phi) is 12.2. The fraction of sp³-hybridized carbons (Fsp3) is 0.571. The number of piperidine rings is 2. The minimum absolute atomic E-state index is 0.0125. The van der Waals surface area contributed by atoms with E-state index in [1.54, 1.807) is 15.9 Å². The first kappa shape index (κ1) is 36.4. The molecule has 1 unspecified atom stereocenters. The summed E-state index contributed by atoms with van der Waals surface area (Å²) in [6.07, 6.45) is 6.69. The normalized spacial score (nSPS) is 17.8. The number of hydrogen-bond acceptors (Lipinski definition) is 9. The van der Waals surface area contributed by atoms with E-state index in [0.29, 0.717) is 68.0 Å². The number of esters is 1. The van der Waals surface area contributed by atoms with E-state index in [0.717, 1.165) is 31.4 Å². The highest BCUT2D eigenvalue weighted by Gasteiger charge is 2.32. The molecule has 2 amide bonds. The van der Waals surface area contributed by atoms with E-state index in [1.165, 1.54) is 25.6 Å². The molecule has 2 aromatic rings. The monoisotopic (exact) mass is 668 g/mol. The molecule has 0 bridgehead atoms. The van der Waals surface area contributed by atoms with Gasteiger partial charge in [0.15, 0.2) is 0 Å². The summed E-state index contributed by atoms with van der Waals surface area (Å²) in [7, 11) is 1.27. The number of pyridine rings is 1. The number of methoxy groups -OCH3 is 1. The average molecular weight is 669 g/mol. The highest BCUT2D eigenvalue weighted by molar-refractivity contribution is 5.84. The largest absolute Gasteiger partial charge is 0.469 e. The molecule has 0 N–H and O–H groups in total. The van der Waals surface area contributed by atoms with Crippen molar-refractivity contribution in [2.45, 2.75) is 83.7 Å². The number of nitro groups is 1. The number of carbonyl (C=O) groups excluding carboxylic acids is 4. The second kappa shape index (κ2) is 16.1. The Morgan fingerprint density at radius 3 is 2.42 bits per heavy atom. The van der Waals surface area contributed by atoms with E-state index in [-0.39, 0.29) is 36.5 Å². The van der Waals surface area contributed by atoms with Crippen LogP contribution in [-0.2, 0) is 23.9 Å². The molecule has 260 valence electrons. The minimum atomic E-state index is -0.956. The molecule has 2 saturated heterocycles. The SMILES string of the molecule is COC(=O)CC(CC(=O)[C@@H]1CCCN(C(=O)CCC2CCN(C(=O)OC(C)(C)C)CC2)C1)c1cncc(-c2ccc(F)c([N+](=O)[O-])c2)c1. The summed E-state index contributed by atoms with van der Waals surface area (Å²) in [4.78, 5) is 69.8. The summed E-state index contributed by atoms with van der Waals surface area (Å²) in [6, 6.07) is 5.24. The summed E-state index contributed by atoms with van der Waals surface area (Å²) < 4.78 is 24.3. The average Bonchev–Trinajstić information content (AvgIpc) is 3.06. The highest BCUT2D eigenvalue weighted by Crippen LogP contribution is 2.32. The van der Waals surface area contributed by atoms with Crippen LogP contribution in [0.3, 0.4) is 0 Å². The number of ether oxygens (including phenoxy) is 2. The van der Waals surface area contributed by atoms with Crippen LogP contribution in [0.15, 0.2) is 36.7 Å². The number of benzene rings is 1. The van der Waals surface area contributed by atoms with E-state index in [9.17, 15) is 33.7 Å². The standard InChI is InChI=1S/C35H45FN4O8/c1-35(2,3)48-34(44)38-14-11-23(12-15-38)7-10-32(42)39-13-5-6-25(22-39)31(41)18-26(19-33(43)47-4)28-16-27(20-37-21-28)24-8-9-29(36)30(17-24)40(45)46/h8-9,16-17,20-21,23,25-26H,5-7,10-15,18-19,22H2,1-4H3/t25-,26?/m1/s1. The number of ketones is 1. The van der Waals surface area contributed by atoms with Gasteiger partial charge >= 0.3 is 17.7 Å². The Morgan fingerprint density at radius 1 is 1.02 bits per heavy atom. The van der Waals surface area contributed by atoms with E-state index in [1.807, 2.05) is 20.8 Å². The van der Waals surface area contributed by atoms with Crippen molar-refractivity contribution < 1.29 is 38.0 Å². The van der Waals surface area contributed by atoms with Gasteiger partial charge in [0.25, 0.3) is 0 Å².